The summed E-state index contributed by atoms with van der Waals surface area (Å²) < 4.78 is 0. The van der Waals surface area contributed by atoms with Crippen LogP contribution in [0, 0.1) is 5.41 Å². The zero-order chi connectivity index (χ0) is 17.3. The molecule has 6 nitrogen and oxygen atoms in total. The fraction of sp³-hybridized carbons (Fsp3) is 0.889. The zero-order valence-corrected chi connectivity index (χ0v) is 16.3. The molecule has 1 saturated carbocycles. The van der Waals surface area contributed by atoms with Crippen molar-refractivity contribution in [2.24, 2.45) is 5.41 Å². The summed E-state index contributed by atoms with van der Waals surface area (Å²) in [5.74, 6) is 0.0873. The van der Waals surface area contributed by atoms with Gasteiger partial charge in [0.15, 0.2) is 0 Å². The Morgan fingerprint density at radius 2 is 1.76 bits per heavy atom. The number of piperidine rings is 1. The van der Waals surface area contributed by atoms with Gasteiger partial charge in [0, 0.05) is 25.6 Å². The molecular formula is C18H35ClN4O2. The number of halogens is 1. The number of amides is 3. The molecule has 1 aliphatic heterocycles. The van der Waals surface area contributed by atoms with Crippen molar-refractivity contribution in [2.75, 3.05) is 26.2 Å². The molecule has 1 heterocycles. The van der Waals surface area contributed by atoms with Crippen molar-refractivity contribution in [1.82, 2.24) is 21.3 Å². The molecule has 2 rings (SSSR count). The SMILES string of the molecule is CC1(CNC(=O)CCCNC(=O)NC2CCCCC2)CCNCC1.Cl. The van der Waals surface area contributed by atoms with E-state index in [4.69, 9.17) is 0 Å². The van der Waals surface area contributed by atoms with E-state index in [2.05, 4.69) is 28.2 Å². The minimum Gasteiger partial charge on any atom is -0.356 e. The number of nitrogens with one attached hydrogen (secondary N) is 4. The predicted octanol–water partition coefficient (Wildman–Crippen LogP) is 2.33. The van der Waals surface area contributed by atoms with Crippen LogP contribution in [0.4, 0.5) is 4.79 Å². The Labute approximate surface area is 158 Å². The first kappa shape index (κ1) is 22.0. The molecule has 25 heavy (non-hydrogen) atoms. The van der Waals surface area contributed by atoms with Gasteiger partial charge in [-0.2, -0.15) is 0 Å². The lowest BCUT2D eigenvalue weighted by molar-refractivity contribution is -0.121. The largest absolute Gasteiger partial charge is 0.356 e. The third kappa shape index (κ3) is 8.77. The number of hydrogen-bond acceptors (Lipinski definition) is 3. The van der Waals surface area contributed by atoms with Crippen molar-refractivity contribution in [1.29, 1.82) is 0 Å². The molecule has 0 atom stereocenters. The van der Waals surface area contributed by atoms with Crippen molar-refractivity contribution in [3.63, 3.8) is 0 Å². The van der Waals surface area contributed by atoms with Crippen molar-refractivity contribution in [3.8, 4) is 0 Å². The van der Waals surface area contributed by atoms with Gasteiger partial charge >= 0.3 is 6.03 Å². The van der Waals surface area contributed by atoms with Crippen molar-refractivity contribution >= 4 is 24.3 Å². The highest BCUT2D eigenvalue weighted by atomic mass is 35.5. The average molecular weight is 375 g/mol. The molecule has 0 aromatic rings. The van der Waals surface area contributed by atoms with Gasteiger partial charge in [-0.05, 0) is 50.6 Å². The summed E-state index contributed by atoms with van der Waals surface area (Å²) >= 11 is 0. The van der Waals surface area contributed by atoms with Crippen molar-refractivity contribution < 1.29 is 9.59 Å². The average Bonchev–Trinajstić information content (AvgIpc) is 2.59. The molecule has 1 saturated heterocycles. The molecule has 0 bridgehead atoms. The first-order chi connectivity index (χ1) is 11.6. The van der Waals surface area contributed by atoms with Gasteiger partial charge in [0.1, 0.15) is 0 Å². The number of carbonyl (C=O) groups excluding carboxylic acids is 2. The van der Waals surface area contributed by atoms with Gasteiger partial charge in [-0.25, -0.2) is 4.79 Å². The van der Waals surface area contributed by atoms with Crippen LogP contribution in [0.15, 0.2) is 0 Å². The standard InChI is InChI=1S/C18H34N4O2.ClH/c1-18(9-12-19-13-10-18)14-21-16(23)8-5-11-20-17(24)22-15-6-3-2-4-7-15;/h15,19H,2-14H2,1H3,(H,21,23)(H2,20,22,24);1H. The summed E-state index contributed by atoms with van der Waals surface area (Å²) in [6.45, 7) is 5.61. The molecule has 146 valence electrons. The maximum absolute atomic E-state index is 11.9. The van der Waals surface area contributed by atoms with E-state index < -0.39 is 0 Å². The van der Waals surface area contributed by atoms with E-state index in [9.17, 15) is 9.59 Å². The van der Waals surface area contributed by atoms with Gasteiger partial charge in [-0.3, -0.25) is 4.79 Å². The first-order valence-electron chi connectivity index (χ1n) is 9.59. The summed E-state index contributed by atoms with van der Waals surface area (Å²) in [5, 5.41) is 12.3. The molecule has 0 radical (unpaired) electrons. The summed E-state index contributed by atoms with van der Waals surface area (Å²) in [5.41, 5.74) is 0.221. The third-order valence-corrected chi connectivity index (χ3v) is 5.33. The molecule has 0 aromatic heterocycles. The van der Waals surface area contributed by atoms with Crippen LogP contribution in [0.3, 0.4) is 0 Å². The Bertz CT molecular complexity index is 408. The molecular weight excluding hydrogens is 340 g/mol. The molecule has 3 amide bonds. The van der Waals surface area contributed by atoms with Gasteiger partial charge in [-0.1, -0.05) is 26.2 Å². The Morgan fingerprint density at radius 1 is 1.08 bits per heavy atom. The van der Waals surface area contributed by atoms with Gasteiger partial charge in [0.2, 0.25) is 5.91 Å². The minimum atomic E-state index is -0.0930. The lowest BCUT2D eigenvalue weighted by Gasteiger charge is -2.34. The van der Waals surface area contributed by atoms with Crippen molar-refractivity contribution in [2.45, 2.75) is 70.8 Å². The topological polar surface area (TPSA) is 82.3 Å². The van der Waals surface area contributed by atoms with Crippen LogP contribution in [0.5, 0.6) is 0 Å². The molecule has 1 aliphatic carbocycles. The van der Waals surface area contributed by atoms with Crippen LogP contribution in [-0.4, -0.2) is 44.2 Å². The molecule has 0 spiro atoms. The number of rotatable bonds is 7. The molecule has 0 unspecified atom stereocenters. The van der Waals surface area contributed by atoms with E-state index in [1.54, 1.807) is 0 Å². The molecule has 7 heteroatoms. The van der Waals surface area contributed by atoms with E-state index in [0.29, 0.717) is 25.4 Å². The molecule has 0 aromatic carbocycles. The van der Waals surface area contributed by atoms with Crippen molar-refractivity contribution in [3.05, 3.63) is 0 Å². The molecule has 2 fully saturated rings. The Kier molecular flexibility index (Phi) is 10.2. The zero-order valence-electron chi connectivity index (χ0n) is 15.5. The van der Waals surface area contributed by atoms with Crippen LogP contribution >= 0.6 is 12.4 Å². The maximum atomic E-state index is 11.9. The monoisotopic (exact) mass is 374 g/mol. The van der Waals surface area contributed by atoms with Crippen LogP contribution < -0.4 is 21.3 Å². The quantitative estimate of drug-likeness (QED) is 0.516. The minimum absolute atomic E-state index is 0. The maximum Gasteiger partial charge on any atom is 0.315 e. The Hall–Kier alpha value is -1.01. The van der Waals surface area contributed by atoms with Crippen LogP contribution in [-0.2, 0) is 4.79 Å². The normalized spacial score (nSPS) is 20.2. The summed E-state index contributed by atoms with van der Waals surface area (Å²) in [7, 11) is 0. The van der Waals surface area contributed by atoms with E-state index >= 15 is 0 Å². The van der Waals surface area contributed by atoms with Gasteiger partial charge in [0.25, 0.3) is 0 Å². The second kappa shape index (κ2) is 11.6. The predicted molar refractivity (Wildman–Crippen MR) is 103 cm³/mol. The van der Waals surface area contributed by atoms with E-state index in [-0.39, 0.29) is 29.8 Å². The fourth-order valence-corrected chi connectivity index (χ4v) is 3.54. The van der Waals surface area contributed by atoms with Gasteiger partial charge in [0.05, 0.1) is 0 Å². The third-order valence-electron chi connectivity index (χ3n) is 5.33. The van der Waals surface area contributed by atoms with E-state index in [0.717, 1.165) is 45.3 Å². The number of urea groups is 1. The lowest BCUT2D eigenvalue weighted by Crippen LogP contribution is -2.44. The van der Waals surface area contributed by atoms with E-state index in [1.807, 2.05) is 0 Å². The van der Waals surface area contributed by atoms with Crippen LogP contribution in [0.2, 0.25) is 0 Å². The van der Waals surface area contributed by atoms with Crippen LogP contribution in [0.25, 0.3) is 0 Å². The fourth-order valence-electron chi connectivity index (χ4n) is 3.54. The Balaban J connectivity index is 0.00000312. The number of carbonyl (C=O) groups is 2. The summed E-state index contributed by atoms with van der Waals surface area (Å²) in [6, 6.07) is 0.234. The van der Waals surface area contributed by atoms with Gasteiger partial charge < -0.3 is 21.3 Å². The lowest BCUT2D eigenvalue weighted by atomic mass is 9.81. The molecule has 2 aliphatic rings. The summed E-state index contributed by atoms with van der Waals surface area (Å²) in [6.07, 6.45) is 9.24. The van der Waals surface area contributed by atoms with Crippen LogP contribution in [0.1, 0.15) is 64.7 Å². The summed E-state index contributed by atoms with van der Waals surface area (Å²) in [4.78, 5) is 23.7. The smallest absolute Gasteiger partial charge is 0.315 e. The molecule has 4 N–H and O–H groups in total. The highest BCUT2D eigenvalue weighted by molar-refractivity contribution is 5.85. The second-order valence-electron chi connectivity index (χ2n) is 7.68. The van der Waals surface area contributed by atoms with Gasteiger partial charge in [-0.15, -0.1) is 12.4 Å². The number of hydrogen-bond donors (Lipinski definition) is 4. The second-order valence-corrected chi connectivity index (χ2v) is 7.68. The Morgan fingerprint density at radius 3 is 2.44 bits per heavy atom. The highest BCUT2D eigenvalue weighted by Gasteiger charge is 2.26. The highest BCUT2D eigenvalue weighted by Crippen LogP contribution is 2.26. The first-order valence-corrected chi connectivity index (χ1v) is 9.59. The van der Waals surface area contributed by atoms with E-state index in [1.165, 1.54) is 19.3 Å².